The number of piperazine rings is 1. The summed E-state index contributed by atoms with van der Waals surface area (Å²) in [6, 6.07) is 4.15. The van der Waals surface area contributed by atoms with Crippen molar-refractivity contribution in [3.63, 3.8) is 0 Å². The number of fused-ring (bicyclic) bond motifs is 1. The molecule has 2 aliphatic carbocycles. The highest BCUT2D eigenvalue weighted by atomic mass is 19.1. The number of rotatable bonds is 4. The number of hydrogen-bond donors (Lipinski definition) is 0. The van der Waals surface area contributed by atoms with Gasteiger partial charge in [-0.3, -0.25) is 14.4 Å². The second kappa shape index (κ2) is 8.26. The number of halogens is 1. The van der Waals surface area contributed by atoms with E-state index in [0.29, 0.717) is 16.8 Å². The van der Waals surface area contributed by atoms with Crippen molar-refractivity contribution in [2.45, 2.75) is 19.2 Å². The molecule has 4 aliphatic rings. The predicted molar refractivity (Wildman–Crippen MR) is 114 cm³/mol. The predicted octanol–water partition coefficient (Wildman–Crippen LogP) is 3.05. The lowest BCUT2D eigenvalue weighted by atomic mass is 9.89. The Hall–Kier alpha value is -3.42. The minimum Gasteiger partial charge on any atom is -0.339 e. The van der Waals surface area contributed by atoms with Gasteiger partial charge in [-0.2, -0.15) is 5.11 Å². The van der Waals surface area contributed by atoms with Crippen LogP contribution < -0.4 is 0 Å². The van der Waals surface area contributed by atoms with Crippen LogP contribution in [0.4, 0.5) is 4.39 Å². The summed E-state index contributed by atoms with van der Waals surface area (Å²) < 4.78 is 53.5. The topological polar surface area (TPSA) is 82.4 Å². The monoisotopic (exact) mass is 439 g/mol. The zero-order chi connectivity index (χ0) is 26.8. The zero-order valence-corrected chi connectivity index (χ0v) is 17.0. The summed E-state index contributed by atoms with van der Waals surface area (Å²) in [5.74, 6) is -5.65. The SMILES string of the molecule is [2H]C1([2H])C([2H])([2H])C1([2H])C(=O)N1CCN(C(=O)c2cc(CC3=C4C=CC=CC4C(=O)N=N3)ccc2F)CC1. The minimum atomic E-state index is -2.60. The molecule has 1 saturated carbocycles. The van der Waals surface area contributed by atoms with Crippen LogP contribution in [-0.4, -0.2) is 53.7 Å². The molecule has 2 fully saturated rings. The lowest BCUT2D eigenvalue weighted by molar-refractivity contribution is -0.134. The maximum absolute atomic E-state index is 14.7. The molecule has 1 saturated heterocycles. The first kappa shape index (κ1) is 15.4. The van der Waals surface area contributed by atoms with Crippen molar-refractivity contribution in [1.82, 2.24) is 9.80 Å². The van der Waals surface area contributed by atoms with Gasteiger partial charge in [0.25, 0.3) is 11.8 Å². The van der Waals surface area contributed by atoms with Crippen molar-refractivity contribution in [1.29, 1.82) is 0 Å². The molecule has 1 aromatic carbocycles. The van der Waals surface area contributed by atoms with Gasteiger partial charge in [-0.15, -0.1) is 5.11 Å². The average Bonchev–Trinajstić information content (AvgIpc) is 3.22. The van der Waals surface area contributed by atoms with Crippen molar-refractivity contribution in [3.8, 4) is 0 Å². The second-order valence-electron chi connectivity index (χ2n) is 7.86. The Bertz CT molecular complexity index is 1320. The summed E-state index contributed by atoms with van der Waals surface area (Å²) >= 11 is 0. The third kappa shape index (κ3) is 3.92. The number of hydrogen-bond acceptors (Lipinski definition) is 4. The number of carbonyl (C=O) groups is 3. The van der Waals surface area contributed by atoms with Crippen LogP contribution >= 0.6 is 0 Å². The number of benzene rings is 1. The Balaban J connectivity index is 1.28. The summed E-state index contributed by atoms with van der Waals surface area (Å²) in [6.45, 7) is 0.0106. The Morgan fingerprint density at radius 2 is 1.88 bits per heavy atom. The number of amides is 3. The second-order valence-corrected chi connectivity index (χ2v) is 7.86. The van der Waals surface area contributed by atoms with Gasteiger partial charge in [0.2, 0.25) is 5.91 Å². The van der Waals surface area contributed by atoms with E-state index in [-0.39, 0.29) is 44.1 Å². The number of nitrogens with zero attached hydrogens (tertiary/aromatic N) is 4. The highest BCUT2D eigenvalue weighted by Gasteiger charge is 2.35. The molecule has 8 heteroatoms. The molecule has 1 aromatic rings. The van der Waals surface area contributed by atoms with E-state index in [1.807, 2.05) is 0 Å². The van der Waals surface area contributed by atoms with Crippen molar-refractivity contribution >= 4 is 17.7 Å². The first-order chi connectivity index (χ1) is 17.4. The van der Waals surface area contributed by atoms with E-state index in [1.54, 1.807) is 24.3 Å². The van der Waals surface area contributed by atoms with Gasteiger partial charge in [0.1, 0.15) is 5.82 Å². The van der Waals surface area contributed by atoms with E-state index < -0.39 is 42.2 Å². The van der Waals surface area contributed by atoms with E-state index >= 15 is 0 Å². The maximum atomic E-state index is 14.7. The molecule has 1 atom stereocenters. The summed E-state index contributed by atoms with van der Waals surface area (Å²) in [7, 11) is 0. The largest absolute Gasteiger partial charge is 0.339 e. The molecule has 0 radical (unpaired) electrons. The van der Waals surface area contributed by atoms with Gasteiger partial charge in [-0.1, -0.05) is 30.4 Å². The fraction of sp³-hybridized carbons (Fsp3) is 0.375. The number of allylic oxidation sites excluding steroid dienone is 4. The molecule has 1 unspecified atom stereocenters. The molecule has 164 valence electrons. The molecule has 0 N–H and O–H groups in total. The summed E-state index contributed by atoms with van der Waals surface area (Å²) in [5, 5.41) is 7.72. The summed E-state index contributed by atoms with van der Waals surface area (Å²) in [5.41, 5.74) is 1.70. The third-order valence-corrected chi connectivity index (χ3v) is 5.84. The fourth-order valence-electron chi connectivity index (χ4n) is 4.02. The molecular formula is C24H23FN4O3. The summed E-state index contributed by atoms with van der Waals surface area (Å²) in [4.78, 5) is 40.4. The van der Waals surface area contributed by atoms with Crippen LogP contribution in [0.2, 0.25) is 0 Å². The van der Waals surface area contributed by atoms with Crippen LogP contribution in [0.25, 0.3) is 0 Å². The number of azo groups is 1. The van der Waals surface area contributed by atoms with E-state index in [2.05, 4.69) is 10.2 Å². The van der Waals surface area contributed by atoms with Gasteiger partial charge in [0.05, 0.1) is 17.2 Å². The lowest BCUT2D eigenvalue weighted by Crippen LogP contribution is -2.51. The first-order valence-electron chi connectivity index (χ1n) is 12.8. The van der Waals surface area contributed by atoms with Crippen molar-refractivity contribution < 1.29 is 25.6 Å². The van der Waals surface area contributed by atoms with Gasteiger partial charge < -0.3 is 9.80 Å². The maximum Gasteiger partial charge on any atom is 0.275 e. The molecule has 3 amide bonds. The Labute approximate surface area is 192 Å². The van der Waals surface area contributed by atoms with E-state index in [0.717, 1.165) is 0 Å². The first-order valence-corrected chi connectivity index (χ1v) is 10.3. The highest BCUT2D eigenvalue weighted by Crippen LogP contribution is 2.32. The Morgan fingerprint density at radius 3 is 2.62 bits per heavy atom. The molecule has 5 rings (SSSR count). The molecule has 7 nitrogen and oxygen atoms in total. The van der Waals surface area contributed by atoms with Crippen molar-refractivity contribution in [3.05, 3.63) is 70.7 Å². The van der Waals surface area contributed by atoms with Gasteiger partial charge in [0.15, 0.2) is 0 Å². The summed E-state index contributed by atoms with van der Waals surface area (Å²) in [6.07, 6.45) is 2.10. The van der Waals surface area contributed by atoms with Crippen LogP contribution in [-0.2, 0) is 16.0 Å². The van der Waals surface area contributed by atoms with E-state index in [4.69, 9.17) is 6.85 Å². The van der Waals surface area contributed by atoms with E-state index in [1.165, 1.54) is 28.0 Å². The molecule has 0 bridgehead atoms. The quantitative estimate of drug-likeness (QED) is 0.723. The molecule has 2 aliphatic heterocycles. The molecular weight excluding hydrogens is 411 g/mol. The normalized spacial score (nSPS) is 28.8. The van der Waals surface area contributed by atoms with Crippen LogP contribution in [0.5, 0.6) is 0 Å². The van der Waals surface area contributed by atoms with Gasteiger partial charge in [-0.05, 0) is 36.0 Å². The fourth-order valence-corrected chi connectivity index (χ4v) is 4.02. The standard InChI is InChI=1S/C24H23FN4O3/c25-20-8-5-15(14-21-17-3-1-2-4-18(17)22(30)27-26-21)13-19(20)24(32)29-11-9-28(10-12-29)23(31)16-6-7-16/h1-5,8,13,16,18H,6-7,9-12,14H2/i6D2,7D2,16D. The van der Waals surface area contributed by atoms with Crippen molar-refractivity contribution in [2.75, 3.05) is 26.2 Å². The third-order valence-electron chi connectivity index (χ3n) is 5.84. The Morgan fingerprint density at radius 1 is 1.12 bits per heavy atom. The van der Waals surface area contributed by atoms with Gasteiger partial charge in [-0.25, -0.2) is 4.39 Å². The Kier molecular flexibility index (Phi) is 3.97. The van der Waals surface area contributed by atoms with Crippen LogP contribution in [0, 0.1) is 17.6 Å². The van der Waals surface area contributed by atoms with Crippen LogP contribution in [0.15, 0.2) is 64.0 Å². The van der Waals surface area contributed by atoms with Crippen LogP contribution in [0.3, 0.4) is 0 Å². The molecule has 0 aromatic heterocycles. The zero-order valence-electron chi connectivity index (χ0n) is 22.0. The molecule has 0 spiro atoms. The highest BCUT2D eigenvalue weighted by molar-refractivity contribution is 5.95. The average molecular weight is 440 g/mol. The van der Waals surface area contributed by atoms with Gasteiger partial charge >= 0.3 is 0 Å². The minimum absolute atomic E-state index is 0.0232. The van der Waals surface area contributed by atoms with Gasteiger partial charge in [0, 0.05) is 45.3 Å². The number of carbonyl (C=O) groups excluding carboxylic acids is 3. The smallest absolute Gasteiger partial charge is 0.275 e. The lowest BCUT2D eigenvalue weighted by Gasteiger charge is -2.35. The van der Waals surface area contributed by atoms with Crippen LogP contribution in [0.1, 0.15) is 35.5 Å². The van der Waals surface area contributed by atoms with Crippen molar-refractivity contribution in [2.24, 2.45) is 22.0 Å². The molecule has 32 heavy (non-hydrogen) atoms. The van der Waals surface area contributed by atoms with E-state index in [9.17, 15) is 18.8 Å². The molecule has 2 heterocycles.